The molecular formula is C38H41N3O11. The van der Waals surface area contributed by atoms with Crippen molar-refractivity contribution in [3.8, 4) is 0 Å². The van der Waals surface area contributed by atoms with Crippen molar-refractivity contribution in [3.63, 3.8) is 0 Å². The van der Waals surface area contributed by atoms with E-state index in [1.165, 1.54) is 50.2 Å². The van der Waals surface area contributed by atoms with Gasteiger partial charge in [-0.25, -0.2) is 4.79 Å². The number of esters is 3. The highest BCUT2D eigenvalue weighted by Crippen LogP contribution is 2.66. The molecule has 14 heteroatoms. The van der Waals surface area contributed by atoms with Crippen molar-refractivity contribution in [2.45, 2.75) is 90.0 Å². The van der Waals surface area contributed by atoms with E-state index >= 15 is 4.79 Å². The number of ketones is 2. The zero-order chi connectivity index (χ0) is 38.0. The summed E-state index contributed by atoms with van der Waals surface area (Å²) in [5.74, 6) is -6.54. The number of hydrogen-bond donors (Lipinski definition) is 2. The third-order valence-corrected chi connectivity index (χ3v) is 11.9. The quantitative estimate of drug-likeness (QED) is 0.0761. The van der Waals surface area contributed by atoms with Crippen LogP contribution >= 0.6 is 0 Å². The third-order valence-electron chi connectivity index (χ3n) is 11.9. The first-order chi connectivity index (χ1) is 24.4. The van der Waals surface area contributed by atoms with Gasteiger partial charge in [-0.05, 0) is 42.2 Å². The average molecular weight is 716 g/mol. The van der Waals surface area contributed by atoms with Crippen LogP contribution in [0.25, 0.3) is 10.4 Å². The molecule has 14 nitrogen and oxygen atoms in total. The summed E-state index contributed by atoms with van der Waals surface area (Å²) in [5, 5.41) is 28.4. The Morgan fingerprint density at radius 3 is 2.17 bits per heavy atom. The van der Waals surface area contributed by atoms with Crippen LogP contribution in [-0.4, -0.2) is 81.9 Å². The minimum Gasteiger partial charge on any atom is -0.455 e. The summed E-state index contributed by atoms with van der Waals surface area (Å²) in [6.07, 6.45) is -6.33. The van der Waals surface area contributed by atoms with E-state index in [1.54, 1.807) is 39.0 Å². The summed E-state index contributed by atoms with van der Waals surface area (Å²) in [6.45, 7) is 8.30. The van der Waals surface area contributed by atoms with Gasteiger partial charge in [-0.15, -0.1) is 0 Å². The lowest BCUT2D eigenvalue weighted by Crippen LogP contribution is -2.81. The predicted molar refractivity (Wildman–Crippen MR) is 182 cm³/mol. The lowest BCUT2D eigenvalue weighted by atomic mass is 9.42. The van der Waals surface area contributed by atoms with Crippen LogP contribution < -0.4 is 0 Å². The van der Waals surface area contributed by atoms with Crippen molar-refractivity contribution < 1.29 is 53.1 Å². The summed E-state index contributed by atoms with van der Waals surface area (Å²) in [4.78, 5) is 73.0. The summed E-state index contributed by atoms with van der Waals surface area (Å²) in [5.41, 5.74) is 2.32. The van der Waals surface area contributed by atoms with Crippen molar-refractivity contribution in [2.75, 3.05) is 6.61 Å². The predicted octanol–water partition coefficient (Wildman–Crippen LogP) is 4.73. The van der Waals surface area contributed by atoms with Gasteiger partial charge in [0.15, 0.2) is 23.3 Å². The van der Waals surface area contributed by atoms with E-state index in [-0.39, 0.29) is 41.0 Å². The maximum atomic E-state index is 15.6. The maximum Gasteiger partial charge on any atom is 0.338 e. The van der Waals surface area contributed by atoms with Crippen molar-refractivity contribution in [2.24, 2.45) is 27.8 Å². The first-order valence-corrected chi connectivity index (χ1v) is 17.0. The van der Waals surface area contributed by atoms with E-state index in [4.69, 9.17) is 24.5 Å². The Hall–Kier alpha value is -4.88. The Bertz CT molecular complexity index is 1920. The largest absolute Gasteiger partial charge is 0.455 e. The fraction of sp³-hybridized carbons (Fsp3) is 0.500. The second-order valence-electron chi connectivity index (χ2n) is 14.9. The molecule has 52 heavy (non-hydrogen) atoms. The van der Waals surface area contributed by atoms with Crippen LogP contribution in [0.3, 0.4) is 0 Å². The number of rotatable bonds is 7. The van der Waals surface area contributed by atoms with E-state index in [0.29, 0.717) is 0 Å². The molecule has 1 heterocycles. The molecule has 274 valence electrons. The number of Topliss-reactive ketones (excluding diaryl/α,β-unsaturated/α-hetero) is 2. The Kier molecular flexibility index (Phi) is 9.19. The van der Waals surface area contributed by atoms with Crippen molar-refractivity contribution >= 4 is 35.2 Å². The van der Waals surface area contributed by atoms with Gasteiger partial charge in [-0.2, -0.15) is 0 Å². The molecule has 0 unspecified atom stereocenters. The summed E-state index contributed by atoms with van der Waals surface area (Å²) < 4.78 is 24.3. The fourth-order valence-corrected chi connectivity index (χ4v) is 9.26. The van der Waals surface area contributed by atoms with Gasteiger partial charge in [0.05, 0.1) is 29.6 Å². The number of ether oxygens (including phenoxy) is 4. The van der Waals surface area contributed by atoms with Gasteiger partial charge >= 0.3 is 17.9 Å². The number of aliphatic hydroxyl groups is 2. The molecule has 0 aromatic heterocycles. The molecule has 4 aliphatic rings. The molecule has 0 spiro atoms. The van der Waals surface area contributed by atoms with Gasteiger partial charge in [0.2, 0.25) is 0 Å². The molecule has 3 fully saturated rings. The average Bonchev–Trinajstić information content (AvgIpc) is 3.08. The molecule has 1 aliphatic heterocycles. The monoisotopic (exact) mass is 715 g/mol. The second-order valence-corrected chi connectivity index (χ2v) is 14.9. The van der Waals surface area contributed by atoms with Crippen molar-refractivity contribution in [1.29, 1.82) is 0 Å². The summed E-state index contributed by atoms with van der Waals surface area (Å²) in [6, 6.07) is 13.7. The van der Waals surface area contributed by atoms with Gasteiger partial charge in [0, 0.05) is 47.8 Å². The highest BCUT2D eigenvalue weighted by molar-refractivity contribution is 6.05. The smallest absolute Gasteiger partial charge is 0.338 e. The number of benzene rings is 2. The highest BCUT2D eigenvalue weighted by Gasteiger charge is 2.78. The van der Waals surface area contributed by atoms with Crippen LogP contribution in [0.15, 0.2) is 70.9 Å². The molecule has 1 saturated heterocycles. The van der Waals surface area contributed by atoms with E-state index < -0.39 is 94.2 Å². The number of carbonyl (C=O) groups is 5. The topological polar surface area (TPSA) is 211 Å². The number of nitrogens with zero attached hydrogens (tertiary/aromatic N) is 3. The zero-order valence-electron chi connectivity index (χ0n) is 29.7. The van der Waals surface area contributed by atoms with Crippen molar-refractivity contribution in [1.82, 2.24) is 0 Å². The van der Waals surface area contributed by atoms with Crippen LogP contribution in [0.4, 0.5) is 5.69 Å². The third kappa shape index (κ3) is 5.44. The van der Waals surface area contributed by atoms with Crippen LogP contribution in [0.5, 0.6) is 0 Å². The number of carbonyl (C=O) groups excluding carboxylic acids is 5. The molecule has 9 atom stereocenters. The van der Waals surface area contributed by atoms with E-state index in [0.717, 1.165) is 6.92 Å². The maximum absolute atomic E-state index is 15.6. The van der Waals surface area contributed by atoms with Crippen LogP contribution in [0.2, 0.25) is 0 Å². The molecule has 0 amide bonds. The Balaban J connectivity index is 1.68. The van der Waals surface area contributed by atoms with Crippen LogP contribution in [0.1, 0.15) is 75.1 Å². The highest BCUT2D eigenvalue weighted by atomic mass is 16.6. The molecule has 2 bridgehead atoms. The van der Waals surface area contributed by atoms with Crippen LogP contribution in [-0.2, 0) is 33.3 Å². The lowest BCUT2D eigenvalue weighted by molar-refractivity contribution is -0.337. The van der Waals surface area contributed by atoms with Crippen molar-refractivity contribution in [3.05, 3.63) is 87.3 Å². The molecule has 6 rings (SSSR count). The molecule has 0 radical (unpaired) electrons. The summed E-state index contributed by atoms with van der Waals surface area (Å²) in [7, 11) is 0. The standard InChI is InChI=1S/C38H41N3O11/c1-19-26(44)17-38(48)33(51-34(47)23-10-8-7-9-11-23)31-36(6,32(46)30(50-20(2)42)28(19)35(38,4)5)25(16-27-37(31,18-49-27)52-21(3)43)29(45)22-12-14-24(15-13-22)40-41-39/h7-15,25-27,30-31,33,44,48H,16-18H2,1-6H3/t25-,26+,27-,30-,31+,33+,36-,37+,38-/m1/s1. The molecule has 2 aromatic rings. The summed E-state index contributed by atoms with van der Waals surface area (Å²) >= 11 is 0. The van der Waals surface area contributed by atoms with E-state index in [1.807, 2.05) is 0 Å². The van der Waals surface area contributed by atoms with Gasteiger partial charge < -0.3 is 29.2 Å². The number of hydrogen-bond acceptors (Lipinski definition) is 12. The second kappa shape index (κ2) is 13.0. The van der Waals surface area contributed by atoms with Crippen LogP contribution in [0, 0.1) is 22.7 Å². The number of azide groups is 1. The zero-order valence-corrected chi connectivity index (χ0v) is 29.7. The number of aliphatic hydroxyl groups excluding tert-OH is 1. The SMILES string of the molecule is CC(=O)O[C@H]1C(=O)[C@]2(C)[C@@H](C(=O)c3ccc(N=[N+]=[N-])cc3)C[C@H]3OC[C@@]3(OC(C)=O)[C@H]2[C@H](OC(=O)c2ccccc2)[C@]2(O)C[C@H](O)C(C)=C1C2(C)C. The Labute approximate surface area is 299 Å². The normalized spacial score (nSPS) is 34.5. The van der Waals surface area contributed by atoms with Gasteiger partial charge in [0.25, 0.3) is 0 Å². The Morgan fingerprint density at radius 1 is 0.962 bits per heavy atom. The molecular weight excluding hydrogens is 674 g/mol. The lowest BCUT2D eigenvalue weighted by Gasteiger charge is -2.67. The minimum atomic E-state index is -2.22. The number of fused-ring (bicyclic) bond motifs is 5. The molecule has 2 N–H and O–H groups in total. The van der Waals surface area contributed by atoms with E-state index in [2.05, 4.69) is 10.0 Å². The minimum absolute atomic E-state index is 0.104. The fourth-order valence-electron chi connectivity index (χ4n) is 9.26. The molecule has 2 aromatic carbocycles. The Morgan fingerprint density at radius 2 is 1.62 bits per heavy atom. The first kappa shape index (κ1) is 36.9. The van der Waals surface area contributed by atoms with Gasteiger partial charge in [-0.3, -0.25) is 19.2 Å². The van der Waals surface area contributed by atoms with E-state index in [9.17, 15) is 29.4 Å². The van der Waals surface area contributed by atoms with Gasteiger partial charge in [-0.1, -0.05) is 68.4 Å². The van der Waals surface area contributed by atoms with Gasteiger partial charge in [0.1, 0.15) is 17.8 Å². The first-order valence-electron chi connectivity index (χ1n) is 17.0. The molecule has 2 saturated carbocycles. The molecule has 3 aliphatic carbocycles.